The lowest BCUT2D eigenvalue weighted by molar-refractivity contribution is 0.516. The van der Waals surface area contributed by atoms with Crippen LogP contribution in [0.3, 0.4) is 0 Å². The monoisotopic (exact) mass is 269 g/mol. The molecule has 0 unspecified atom stereocenters. The summed E-state index contributed by atoms with van der Waals surface area (Å²) in [6, 6.07) is 6.21. The molecule has 17 heavy (non-hydrogen) atoms. The minimum absolute atomic E-state index is 0.669. The minimum atomic E-state index is 0.669. The lowest BCUT2D eigenvalue weighted by Crippen LogP contribution is -2.09. The van der Waals surface area contributed by atoms with Gasteiger partial charge < -0.3 is 5.73 Å². The van der Waals surface area contributed by atoms with Crippen molar-refractivity contribution in [1.29, 1.82) is 0 Å². The molecule has 94 valence electrons. The molecule has 2 rings (SSSR count). The molecule has 0 aromatic heterocycles. The second kappa shape index (κ2) is 6.67. The quantitative estimate of drug-likeness (QED) is 0.884. The molecular weight excluding hydrogens is 250 g/mol. The first kappa shape index (κ1) is 13.3. The predicted molar refractivity (Wildman–Crippen MR) is 76.9 cm³/mol. The van der Waals surface area contributed by atoms with Gasteiger partial charge in [-0.15, -0.1) is 11.8 Å². The Labute approximate surface area is 113 Å². The van der Waals surface area contributed by atoms with Crippen LogP contribution in [0, 0.1) is 0 Å². The predicted octanol–water partition coefficient (Wildman–Crippen LogP) is 4.27. The zero-order valence-corrected chi connectivity index (χ0v) is 11.7. The SMILES string of the molecule is NCCc1c(Cl)cccc1SC1CCCCC1. The summed E-state index contributed by atoms with van der Waals surface area (Å²) in [5.74, 6) is 0. The van der Waals surface area contributed by atoms with Crippen LogP contribution in [0.5, 0.6) is 0 Å². The second-order valence-corrected chi connectivity index (χ2v) is 6.38. The van der Waals surface area contributed by atoms with Crippen molar-refractivity contribution in [2.24, 2.45) is 5.73 Å². The van der Waals surface area contributed by atoms with Gasteiger partial charge in [0.25, 0.3) is 0 Å². The highest BCUT2D eigenvalue weighted by Crippen LogP contribution is 2.37. The highest BCUT2D eigenvalue weighted by molar-refractivity contribution is 8.00. The average molecular weight is 270 g/mol. The Kier molecular flexibility index (Phi) is 5.20. The van der Waals surface area contributed by atoms with Gasteiger partial charge in [-0.2, -0.15) is 0 Å². The molecule has 1 aromatic carbocycles. The highest BCUT2D eigenvalue weighted by atomic mass is 35.5. The van der Waals surface area contributed by atoms with E-state index < -0.39 is 0 Å². The van der Waals surface area contributed by atoms with Crippen LogP contribution in [-0.4, -0.2) is 11.8 Å². The van der Waals surface area contributed by atoms with Crippen molar-refractivity contribution in [2.75, 3.05) is 6.54 Å². The van der Waals surface area contributed by atoms with Crippen LogP contribution >= 0.6 is 23.4 Å². The van der Waals surface area contributed by atoms with E-state index in [1.807, 2.05) is 23.9 Å². The molecule has 1 aromatic rings. The third-order valence-electron chi connectivity index (χ3n) is 3.32. The molecule has 0 atom stereocenters. The molecule has 1 nitrogen and oxygen atoms in total. The summed E-state index contributed by atoms with van der Waals surface area (Å²) in [7, 11) is 0. The molecule has 0 amide bonds. The fourth-order valence-corrected chi connectivity index (χ4v) is 4.16. The lowest BCUT2D eigenvalue weighted by Gasteiger charge is -2.22. The summed E-state index contributed by atoms with van der Waals surface area (Å²) >= 11 is 8.26. The number of thioether (sulfide) groups is 1. The average Bonchev–Trinajstić information content (AvgIpc) is 2.35. The van der Waals surface area contributed by atoms with E-state index >= 15 is 0 Å². The number of benzene rings is 1. The van der Waals surface area contributed by atoms with Gasteiger partial charge in [0, 0.05) is 15.2 Å². The van der Waals surface area contributed by atoms with Gasteiger partial charge in [-0.3, -0.25) is 0 Å². The molecule has 0 aliphatic heterocycles. The van der Waals surface area contributed by atoms with E-state index in [4.69, 9.17) is 17.3 Å². The highest BCUT2D eigenvalue weighted by Gasteiger charge is 2.16. The van der Waals surface area contributed by atoms with Gasteiger partial charge in [0.2, 0.25) is 0 Å². The first-order valence-corrected chi connectivity index (χ1v) is 7.71. The fraction of sp³-hybridized carbons (Fsp3) is 0.571. The molecule has 0 heterocycles. The molecule has 0 saturated heterocycles. The number of rotatable bonds is 4. The van der Waals surface area contributed by atoms with Crippen LogP contribution in [-0.2, 0) is 6.42 Å². The second-order valence-electron chi connectivity index (χ2n) is 4.63. The maximum Gasteiger partial charge on any atom is 0.0449 e. The first-order valence-electron chi connectivity index (χ1n) is 6.45. The van der Waals surface area contributed by atoms with E-state index in [-0.39, 0.29) is 0 Å². The van der Waals surface area contributed by atoms with Gasteiger partial charge in [-0.25, -0.2) is 0 Å². The van der Waals surface area contributed by atoms with Gasteiger partial charge in [0.15, 0.2) is 0 Å². The molecule has 2 N–H and O–H groups in total. The number of nitrogens with two attached hydrogens (primary N) is 1. The number of hydrogen-bond acceptors (Lipinski definition) is 2. The van der Waals surface area contributed by atoms with Crippen LogP contribution in [0.25, 0.3) is 0 Å². The van der Waals surface area contributed by atoms with Crippen LogP contribution in [0.4, 0.5) is 0 Å². The molecule has 1 aliphatic carbocycles. The zero-order chi connectivity index (χ0) is 12.1. The Bertz CT molecular complexity index is 361. The van der Waals surface area contributed by atoms with E-state index in [2.05, 4.69) is 6.07 Å². The lowest BCUT2D eigenvalue weighted by atomic mass is 10.0. The molecule has 0 bridgehead atoms. The van der Waals surface area contributed by atoms with E-state index in [1.165, 1.54) is 42.6 Å². The van der Waals surface area contributed by atoms with E-state index in [1.54, 1.807) is 0 Å². The topological polar surface area (TPSA) is 26.0 Å². The van der Waals surface area contributed by atoms with Gasteiger partial charge in [0.05, 0.1) is 0 Å². The van der Waals surface area contributed by atoms with Crippen molar-refractivity contribution in [3.05, 3.63) is 28.8 Å². The standard InChI is InChI=1S/C14H20ClNS/c15-13-7-4-8-14(12(13)9-10-16)17-11-5-2-1-3-6-11/h4,7-8,11H,1-3,5-6,9-10,16H2. The van der Waals surface area contributed by atoms with Crippen LogP contribution in [0.1, 0.15) is 37.7 Å². The molecule has 1 saturated carbocycles. The van der Waals surface area contributed by atoms with Gasteiger partial charge in [-0.1, -0.05) is 36.9 Å². The molecular formula is C14H20ClNS. The van der Waals surface area contributed by atoms with Gasteiger partial charge in [-0.05, 0) is 43.5 Å². The first-order chi connectivity index (χ1) is 8.31. The van der Waals surface area contributed by atoms with Crippen LogP contribution in [0.15, 0.2) is 23.1 Å². The van der Waals surface area contributed by atoms with Gasteiger partial charge in [0.1, 0.15) is 0 Å². The summed E-state index contributed by atoms with van der Waals surface area (Å²) in [5.41, 5.74) is 6.91. The molecule has 1 fully saturated rings. The summed E-state index contributed by atoms with van der Waals surface area (Å²) in [4.78, 5) is 1.34. The third-order valence-corrected chi connectivity index (χ3v) is 5.11. The summed E-state index contributed by atoms with van der Waals surface area (Å²) in [6.07, 6.45) is 7.74. The molecule has 0 spiro atoms. The zero-order valence-electron chi connectivity index (χ0n) is 10.1. The van der Waals surface area contributed by atoms with E-state index in [9.17, 15) is 0 Å². The van der Waals surface area contributed by atoms with Crippen LogP contribution < -0.4 is 5.73 Å². The van der Waals surface area contributed by atoms with Crippen LogP contribution in [0.2, 0.25) is 5.02 Å². The van der Waals surface area contributed by atoms with Crippen molar-refractivity contribution >= 4 is 23.4 Å². The Morgan fingerprint density at radius 1 is 1.24 bits per heavy atom. The smallest absolute Gasteiger partial charge is 0.0449 e. The van der Waals surface area contributed by atoms with Crippen molar-refractivity contribution in [1.82, 2.24) is 0 Å². The largest absolute Gasteiger partial charge is 0.330 e. The third kappa shape index (κ3) is 3.64. The van der Waals surface area contributed by atoms with Gasteiger partial charge >= 0.3 is 0 Å². The maximum atomic E-state index is 6.26. The molecule has 1 aliphatic rings. The van der Waals surface area contributed by atoms with Crippen molar-refractivity contribution in [3.8, 4) is 0 Å². The number of halogens is 1. The fourth-order valence-electron chi connectivity index (χ4n) is 2.40. The Morgan fingerprint density at radius 2 is 2.00 bits per heavy atom. The summed E-state index contributed by atoms with van der Waals surface area (Å²) in [6.45, 7) is 0.669. The normalized spacial score (nSPS) is 17.3. The van der Waals surface area contributed by atoms with E-state index in [0.717, 1.165) is 16.7 Å². The van der Waals surface area contributed by atoms with Crippen molar-refractivity contribution in [2.45, 2.75) is 48.7 Å². The van der Waals surface area contributed by atoms with Crippen molar-refractivity contribution in [3.63, 3.8) is 0 Å². The summed E-state index contributed by atoms with van der Waals surface area (Å²) < 4.78 is 0. The summed E-state index contributed by atoms with van der Waals surface area (Å²) in [5, 5.41) is 1.65. The van der Waals surface area contributed by atoms with Crippen molar-refractivity contribution < 1.29 is 0 Å². The Hall–Kier alpha value is -0.180. The minimum Gasteiger partial charge on any atom is -0.330 e. The number of hydrogen-bond donors (Lipinski definition) is 1. The Morgan fingerprint density at radius 3 is 2.71 bits per heavy atom. The molecule has 0 radical (unpaired) electrons. The maximum absolute atomic E-state index is 6.26. The van der Waals surface area contributed by atoms with E-state index in [0.29, 0.717) is 6.54 Å². The molecule has 3 heteroatoms. The Balaban J connectivity index is 2.10.